The first kappa shape index (κ1) is 6.57. The van der Waals surface area contributed by atoms with Gasteiger partial charge in [0.1, 0.15) is 0 Å². The Balaban J connectivity index is 2.99. The predicted octanol–water partition coefficient (Wildman–Crippen LogP) is 2.02. The Morgan fingerprint density at radius 3 is 2.60 bits per heavy atom. The average Bonchev–Trinajstić information content (AvgIpc) is 2.05. The Hall–Kier alpha value is -1.55. The first-order chi connectivity index (χ1) is 4.84. The van der Waals surface area contributed by atoms with Crippen LogP contribution in [0.5, 0.6) is 0 Å². The zero-order chi connectivity index (χ0) is 7.40. The molecule has 0 aliphatic carbocycles. The second kappa shape index (κ2) is 2.84. The van der Waals surface area contributed by atoms with Gasteiger partial charge in [0.15, 0.2) is 0 Å². The molecule has 1 nitrogen and oxygen atoms in total. The van der Waals surface area contributed by atoms with Crippen LogP contribution in [0.3, 0.4) is 0 Å². The Labute approximate surface area is 60.2 Å². The van der Waals surface area contributed by atoms with Gasteiger partial charge in [0, 0.05) is 0 Å². The summed E-state index contributed by atoms with van der Waals surface area (Å²) >= 11 is 0. The Bertz CT molecular complexity index is 267. The molecule has 0 aliphatic heterocycles. The van der Waals surface area contributed by atoms with Crippen molar-refractivity contribution in [3.63, 3.8) is 0 Å². The highest BCUT2D eigenvalue weighted by atomic mass is 14.2. The highest BCUT2D eigenvalue weighted by Crippen LogP contribution is 2.08. The summed E-state index contributed by atoms with van der Waals surface area (Å²) in [5, 5.41) is 8.43. The molecule has 0 saturated carbocycles. The van der Waals surface area contributed by atoms with Crippen molar-refractivity contribution in [2.45, 2.75) is 0 Å². The monoisotopic (exact) mass is 128 g/mol. The summed E-state index contributed by atoms with van der Waals surface area (Å²) in [5.41, 5.74) is 1.36. The summed E-state index contributed by atoms with van der Waals surface area (Å²) in [4.78, 5) is 0. The maximum absolute atomic E-state index is 8.43. The van der Waals surface area contributed by atoms with Gasteiger partial charge in [0.2, 0.25) is 0 Å². The van der Waals surface area contributed by atoms with Crippen LogP contribution in [-0.4, -0.2) is 0 Å². The highest BCUT2D eigenvalue weighted by Gasteiger charge is 1.92. The van der Waals surface area contributed by atoms with E-state index in [0.717, 1.165) is 5.56 Å². The summed E-state index contributed by atoms with van der Waals surface area (Å²) in [7, 11) is 0. The lowest BCUT2D eigenvalue weighted by atomic mass is 10.1. The number of rotatable bonds is 1. The summed E-state index contributed by atoms with van der Waals surface area (Å²) < 4.78 is 0. The number of allylic oxidation sites excluding steroid dienone is 1. The third-order valence-corrected chi connectivity index (χ3v) is 1.20. The molecule has 1 heteroatoms. The number of nitriles is 1. The lowest BCUT2D eigenvalue weighted by molar-refractivity contribution is 1.52. The second-order valence-electron chi connectivity index (χ2n) is 1.88. The van der Waals surface area contributed by atoms with Crippen LogP contribution in [0.2, 0.25) is 0 Å². The quantitative estimate of drug-likeness (QED) is 0.531. The van der Waals surface area contributed by atoms with Gasteiger partial charge in [-0.25, -0.2) is 0 Å². The van der Waals surface area contributed by atoms with Crippen molar-refractivity contribution < 1.29 is 0 Å². The molecular weight excluding hydrogens is 122 g/mol. The standard InChI is InChI=1S/C9H6N/c1-8(7-10)9-5-3-2-4-6-9/h3-6H,1H2. The smallest absolute Gasteiger partial charge is 0.0991 e. The zero-order valence-corrected chi connectivity index (χ0v) is 5.46. The van der Waals surface area contributed by atoms with Crippen LogP contribution in [0, 0.1) is 17.4 Å². The van der Waals surface area contributed by atoms with E-state index < -0.39 is 0 Å². The van der Waals surface area contributed by atoms with E-state index in [4.69, 9.17) is 5.26 Å². The van der Waals surface area contributed by atoms with E-state index in [1.165, 1.54) is 0 Å². The van der Waals surface area contributed by atoms with Crippen LogP contribution in [-0.2, 0) is 0 Å². The van der Waals surface area contributed by atoms with Gasteiger partial charge in [-0.15, -0.1) is 0 Å². The van der Waals surface area contributed by atoms with Crippen molar-refractivity contribution in [1.29, 1.82) is 5.26 Å². The minimum absolute atomic E-state index is 0.494. The van der Waals surface area contributed by atoms with Crippen molar-refractivity contribution >= 4 is 5.57 Å². The molecule has 0 unspecified atom stereocenters. The molecule has 0 saturated heterocycles. The summed E-state index contributed by atoms with van der Waals surface area (Å²) in [6.07, 6.45) is 0. The van der Waals surface area contributed by atoms with Crippen LogP contribution in [0.25, 0.3) is 5.57 Å². The van der Waals surface area contributed by atoms with Gasteiger partial charge < -0.3 is 0 Å². The molecule has 0 amide bonds. The lowest BCUT2D eigenvalue weighted by Gasteiger charge is -1.91. The molecule has 0 bridgehead atoms. The number of hydrogen-bond acceptors (Lipinski definition) is 1. The van der Waals surface area contributed by atoms with Crippen LogP contribution in [0.4, 0.5) is 0 Å². The van der Waals surface area contributed by atoms with Crippen LogP contribution >= 0.6 is 0 Å². The van der Waals surface area contributed by atoms with Gasteiger partial charge in [0.05, 0.1) is 11.6 Å². The molecule has 0 atom stereocenters. The first-order valence-electron chi connectivity index (χ1n) is 2.90. The summed E-state index contributed by atoms with van der Waals surface area (Å²) in [6.45, 7) is 3.57. The van der Waals surface area contributed by atoms with Crippen molar-refractivity contribution in [3.05, 3.63) is 42.5 Å². The fourth-order valence-corrected chi connectivity index (χ4v) is 0.653. The zero-order valence-electron chi connectivity index (χ0n) is 5.46. The molecule has 1 aromatic rings. The Morgan fingerprint density at radius 2 is 2.10 bits per heavy atom. The van der Waals surface area contributed by atoms with Crippen LogP contribution in [0.15, 0.2) is 30.8 Å². The summed E-state index contributed by atoms with van der Waals surface area (Å²) in [6, 6.07) is 12.0. The normalized spacial score (nSPS) is 8.30. The maximum atomic E-state index is 8.43. The van der Waals surface area contributed by atoms with Gasteiger partial charge in [-0.05, 0) is 11.6 Å². The fraction of sp³-hybridized carbons (Fsp3) is 0. The molecule has 0 aromatic heterocycles. The minimum Gasteiger partial charge on any atom is -0.192 e. The van der Waals surface area contributed by atoms with Crippen molar-refractivity contribution in [1.82, 2.24) is 0 Å². The molecule has 10 heavy (non-hydrogen) atoms. The number of benzene rings is 1. The van der Waals surface area contributed by atoms with Crippen molar-refractivity contribution in [3.8, 4) is 6.07 Å². The third-order valence-electron chi connectivity index (χ3n) is 1.20. The molecule has 0 heterocycles. The molecule has 1 rings (SSSR count). The fourth-order valence-electron chi connectivity index (χ4n) is 0.653. The van der Waals surface area contributed by atoms with Gasteiger partial charge in [-0.1, -0.05) is 30.8 Å². The Morgan fingerprint density at radius 1 is 1.50 bits per heavy atom. The van der Waals surface area contributed by atoms with Crippen molar-refractivity contribution in [2.24, 2.45) is 0 Å². The van der Waals surface area contributed by atoms with Crippen molar-refractivity contribution in [2.75, 3.05) is 0 Å². The number of hydrogen-bond donors (Lipinski definition) is 0. The molecule has 1 radical (unpaired) electrons. The predicted molar refractivity (Wildman–Crippen MR) is 39.9 cm³/mol. The minimum atomic E-state index is 0.494. The van der Waals surface area contributed by atoms with Gasteiger partial charge in [-0.3, -0.25) is 0 Å². The average molecular weight is 128 g/mol. The van der Waals surface area contributed by atoms with Gasteiger partial charge in [-0.2, -0.15) is 5.26 Å². The molecule has 0 aliphatic rings. The molecule has 0 spiro atoms. The second-order valence-corrected chi connectivity index (χ2v) is 1.88. The maximum Gasteiger partial charge on any atom is 0.0991 e. The van der Waals surface area contributed by atoms with E-state index in [1.807, 2.05) is 18.2 Å². The largest absolute Gasteiger partial charge is 0.192 e. The van der Waals surface area contributed by atoms with E-state index in [1.54, 1.807) is 12.1 Å². The van der Waals surface area contributed by atoms with Gasteiger partial charge >= 0.3 is 0 Å². The summed E-state index contributed by atoms with van der Waals surface area (Å²) in [5.74, 6) is 0. The molecule has 0 fully saturated rings. The first-order valence-corrected chi connectivity index (χ1v) is 2.90. The topological polar surface area (TPSA) is 23.8 Å². The molecule has 1 aromatic carbocycles. The highest BCUT2D eigenvalue weighted by molar-refractivity contribution is 5.74. The van der Waals surface area contributed by atoms with E-state index in [0.29, 0.717) is 5.57 Å². The van der Waals surface area contributed by atoms with Crippen LogP contribution in [0.1, 0.15) is 5.56 Å². The van der Waals surface area contributed by atoms with E-state index in [2.05, 4.69) is 12.6 Å². The van der Waals surface area contributed by atoms with Crippen LogP contribution < -0.4 is 0 Å². The van der Waals surface area contributed by atoms with E-state index in [9.17, 15) is 0 Å². The number of nitrogens with zero attached hydrogens (tertiary/aromatic N) is 1. The van der Waals surface area contributed by atoms with E-state index >= 15 is 0 Å². The lowest BCUT2D eigenvalue weighted by Crippen LogP contribution is -1.75. The van der Waals surface area contributed by atoms with E-state index in [-0.39, 0.29) is 0 Å². The SMILES string of the molecule is C=C(C#N)c1cc[c]cc1. The third kappa shape index (κ3) is 1.24. The molecule has 0 N–H and O–H groups in total. The molecule has 47 valence electrons. The Kier molecular flexibility index (Phi) is 1.86. The van der Waals surface area contributed by atoms with Gasteiger partial charge in [0.25, 0.3) is 0 Å². The molecular formula is C9H6N.